The number of nitrogens with zero attached hydrogens (tertiary/aromatic N) is 2. The Morgan fingerprint density at radius 1 is 0.368 bits per heavy atom. The van der Waals surface area contributed by atoms with E-state index in [1.807, 2.05) is 36.4 Å². The molecule has 7 heteroatoms. The molecule has 2 atom stereocenters. The summed E-state index contributed by atoms with van der Waals surface area (Å²) in [7, 11) is 5.07. The fraction of sp³-hybridized carbons (Fsp3) is 0.279. The van der Waals surface area contributed by atoms with E-state index in [9.17, 15) is 0 Å². The zero-order valence-electron chi connectivity index (χ0n) is 42.1. The van der Waals surface area contributed by atoms with Crippen molar-refractivity contribution in [2.75, 3.05) is 31.3 Å². The summed E-state index contributed by atoms with van der Waals surface area (Å²) in [6.45, 7) is 20.2. The summed E-state index contributed by atoms with van der Waals surface area (Å²) in [5, 5.41) is 4.43. The number of hydrogen-bond acceptors (Lipinski definition) is 7. The lowest BCUT2D eigenvalue weighted by atomic mass is 9.86. The number of benzene rings is 6. The third kappa shape index (κ3) is 12.3. The number of allylic oxidation sites excluding steroid dienone is 2. The monoisotopic (exact) mass is 907 g/mol. The second-order valence-electron chi connectivity index (χ2n) is 20.5. The number of hydrogen-bond donors (Lipinski definition) is 2. The van der Waals surface area contributed by atoms with E-state index in [1.165, 1.54) is 33.4 Å². The minimum atomic E-state index is 0.0620. The SMILES string of the molecule is COc1ccc(C=CC2=CC(c3ccc(OC)cc3)N(c3ccc(C(C)(C)C)cc3)N2)cc1.COc1ccc(N2NC(C=Cc3ccc(C(C)(C)C)cc3)=CC2c2ccc(C(C)(C)C)cc2)cc1. The van der Waals surface area contributed by atoms with Crippen molar-refractivity contribution in [3.05, 3.63) is 220 Å². The zero-order valence-corrected chi connectivity index (χ0v) is 42.1. The largest absolute Gasteiger partial charge is 0.497 e. The lowest BCUT2D eigenvalue weighted by molar-refractivity contribution is 0.414. The molecular weight excluding hydrogens is 837 g/mol. The van der Waals surface area contributed by atoms with E-state index in [4.69, 9.17) is 14.2 Å². The van der Waals surface area contributed by atoms with E-state index < -0.39 is 0 Å². The van der Waals surface area contributed by atoms with Gasteiger partial charge in [-0.1, -0.05) is 159 Å². The molecule has 7 nitrogen and oxygen atoms in total. The Balaban J connectivity index is 0.000000202. The minimum absolute atomic E-state index is 0.0620. The first kappa shape index (κ1) is 48.8. The highest BCUT2D eigenvalue weighted by Gasteiger charge is 2.28. The number of methoxy groups -OCH3 is 3. The van der Waals surface area contributed by atoms with E-state index in [0.717, 1.165) is 45.6 Å². The molecule has 0 spiro atoms. The molecule has 0 fully saturated rings. The van der Waals surface area contributed by atoms with Crippen molar-refractivity contribution in [3.63, 3.8) is 0 Å². The molecule has 0 aromatic heterocycles. The molecule has 8 rings (SSSR count). The third-order valence-corrected chi connectivity index (χ3v) is 12.5. The van der Waals surface area contributed by atoms with Crippen LogP contribution in [0.3, 0.4) is 0 Å². The van der Waals surface area contributed by atoms with Gasteiger partial charge in [0.15, 0.2) is 0 Å². The molecule has 0 bridgehead atoms. The maximum absolute atomic E-state index is 5.36. The summed E-state index contributed by atoms with van der Waals surface area (Å²) >= 11 is 0. The van der Waals surface area contributed by atoms with Crippen molar-refractivity contribution in [1.82, 2.24) is 10.9 Å². The predicted molar refractivity (Wildman–Crippen MR) is 285 cm³/mol. The highest BCUT2D eigenvalue weighted by Crippen LogP contribution is 2.37. The molecule has 6 aromatic rings. The summed E-state index contributed by atoms with van der Waals surface area (Å²) in [5.41, 5.74) is 20.7. The smallest absolute Gasteiger partial charge is 0.119 e. The number of ether oxygens (including phenoxy) is 3. The van der Waals surface area contributed by atoms with E-state index in [1.54, 1.807) is 21.3 Å². The zero-order chi connectivity index (χ0) is 48.6. The van der Waals surface area contributed by atoms with Crippen LogP contribution in [0, 0.1) is 0 Å². The van der Waals surface area contributed by atoms with Crippen LogP contribution in [-0.4, -0.2) is 21.3 Å². The summed E-state index contributed by atoms with van der Waals surface area (Å²) in [4.78, 5) is 0. The Kier molecular flexibility index (Phi) is 14.9. The Bertz CT molecular complexity index is 2690. The Morgan fingerprint density at radius 2 is 0.647 bits per heavy atom. The van der Waals surface area contributed by atoms with E-state index in [-0.39, 0.29) is 28.3 Å². The first-order valence-corrected chi connectivity index (χ1v) is 23.6. The molecule has 0 saturated heterocycles. The number of hydrazine groups is 2. The Labute approximate surface area is 406 Å². The second-order valence-corrected chi connectivity index (χ2v) is 20.5. The average molecular weight is 907 g/mol. The first-order valence-electron chi connectivity index (χ1n) is 23.6. The van der Waals surface area contributed by atoms with Gasteiger partial charge in [-0.2, -0.15) is 0 Å². The minimum Gasteiger partial charge on any atom is -0.497 e. The molecule has 2 N–H and O–H groups in total. The molecule has 2 aliphatic rings. The fourth-order valence-electron chi connectivity index (χ4n) is 8.14. The van der Waals surface area contributed by atoms with Crippen LogP contribution in [0.5, 0.6) is 17.2 Å². The van der Waals surface area contributed by atoms with Gasteiger partial charge in [0.05, 0.1) is 56.2 Å². The number of rotatable bonds is 11. The van der Waals surface area contributed by atoms with Gasteiger partial charge in [0, 0.05) is 0 Å². The Morgan fingerprint density at radius 3 is 1.00 bits per heavy atom. The van der Waals surface area contributed by atoms with Crippen molar-refractivity contribution in [2.24, 2.45) is 0 Å². The molecule has 0 saturated carbocycles. The topological polar surface area (TPSA) is 58.2 Å². The van der Waals surface area contributed by atoms with Gasteiger partial charge in [-0.15, -0.1) is 0 Å². The molecule has 0 aliphatic carbocycles. The second kappa shape index (κ2) is 20.8. The maximum Gasteiger partial charge on any atom is 0.119 e. The molecule has 68 heavy (non-hydrogen) atoms. The fourth-order valence-corrected chi connectivity index (χ4v) is 8.14. The van der Waals surface area contributed by atoms with Gasteiger partial charge < -0.3 is 14.2 Å². The van der Waals surface area contributed by atoms with Gasteiger partial charge in [0.1, 0.15) is 17.2 Å². The van der Waals surface area contributed by atoms with Crippen molar-refractivity contribution in [2.45, 2.75) is 90.6 Å². The van der Waals surface area contributed by atoms with Crippen molar-refractivity contribution >= 4 is 23.5 Å². The normalized spacial score (nSPS) is 16.2. The van der Waals surface area contributed by atoms with Gasteiger partial charge in [0.2, 0.25) is 0 Å². The molecule has 6 aromatic carbocycles. The van der Waals surface area contributed by atoms with Gasteiger partial charge in [0.25, 0.3) is 0 Å². The molecule has 0 amide bonds. The van der Waals surface area contributed by atoms with Crippen LogP contribution in [0.2, 0.25) is 0 Å². The molecule has 2 unspecified atom stereocenters. The quantitative estimate of drug-likeness (QED) is 0.134. The van der Waals surface area contributed by atoms with E-state index in [2.05, 4.69) is 229 Å². The van der Waals surface area contributed by atoms with Crippen LogP contribution >= 0.6 is 0 Å². The lowest BCUT2D eigenvalue weighted by Gasteiger charge is -2.28. The molecule has 0 radical (unpaired) electrons. The van der Waals surface area contributed by atoms with Gasteiger partial charge in [-0.25, -0.2) is 0 Å². The lowest BCUT2D eigenvalue weighted by Crippen LogP contribution is -2.34. The van der Waals surface area contributed by atoms with Crippen LogP contribution in [0.4, 0.5) is 11.4 Å². The van der Waals surface area contributed by atoms with Gasteiger partial charge in [-0.3, -0.25) is 20.9 Å². The first-order chi connectivity index (χ1) is 32.4. The average Bonchev–Trinajstić information content (AvgIpc) is 3.98. The van der Waals surface area contributed by atoms with Crippen LogP contribution in [0.15, 0.2) is 181 Å². The number of anilines is 2. The standard InChI is InChI=1S/C32H38N2O.C29H32N2O2/c1-31(2,3)25-13-8-23(9-14-25)10-17-27-22-30(24-11-15-26(16-12-24)32(4,5)6)34(33-27)28-18-20-29(35-7)21-19-28;1-29(2,3)23-11-14-25(15-12-23)31-28(22-9-18-27(33-5)19-10-22)20-24(30-31)13-6-21-7-16-26(32-4)17-8-21/h8-22,30,33H,1-7H3;6-20,28,30H,1-5H3. The van der Waals surface area contributed by atoms with Crippen molar-refractivity contribution in [1.29, 1.82) is 0 Å². The molecule has 2 aliphatic heterocycles. The Hall–Kier alpha value is -7.12. The summed E-state index contributed by atoms with van der Waals surface area (Å²) in [6.07, 6.45) is 13.1. The third-order valence-electron chi connectivity index (χ3n) is 12.5. The highest BCUT2D eigenvalue weighted by molar-refractivity contribution is 5.61. The molecule has 352 valence electrons. The van der Waals surface area contributed by atoms with Crippen LogP contribution in [0.1, 0.15) is 113 Å². The summed E-state index contributed by atoms with van der Waals surface area (Å²) < 4.78 is 16.0. The van der Waals surface area contributed by atoms with E-state index >= 15 is 0 Å². The van der Waals surface area contributed by atoms with Crippen LogP contribution in [-0.2, 0) is 16.2 Å². The molecule has 2 heterocycles. The number of nitrogens with one attached hydrogen (secondary N) is 2. The summed E-state index contributed by atoms with van der Waals surface area (Å²) in [5.74, 6) is 2.56. The van der Waals surface area contributed by atoms with Crippen LogP contribution < -0.4 is 35.1 Å². The van der Waals surface area contributed by atoms with E-state index in [0.29, 0.717) is 0 Å². The van der Waals surface area contributed by atoms with Gasteiger partial charge in [-0.05, 0) is 140 Å². The molecular formula is C61H70N4O3. The van der Waals surface area contributed by atoms with Crippen molar-refractivity contribution < 1.29 is 14.2 Å². The van der Waals surface area contributed by atoms with Gasteiger partial charge >= 0.3 is 0 Å². The van der Waals surface area contributed by atoms with Crippen molar-refractivity contribution in [3.8, 4) is 17.2 Å². The van der Waals surface area contributed by atoms with Crippen LogP contribution in [0.25, 0.3) is 12.2 Å². The summed E-state index contributed by atoms with van der Waals surface area (Å²) in [6, 6.07) is 51.3. The highest BCUT2D eigenvalue weighted by atomic mass is 16.5. The predicted octanol–water partition coefficient (Wildman–Crippen LogP) is 14.6. The maximum atomic E-state index is 5.36.